The maximum Gasteiger partial charge on any atom is 0.306 e. The fourth-order valence-corrected chi connectivity index (χ4v) is 9.29. The molecule has 0 saturated heterocycles. The van der Waals surface area contributed by atoms with Crippen molar-refractivity contribution in [1.29, 1.82) is 0 Å². The van der Waals surface area contributed by atoms with E-state index >= 15 is 0 Å². The summed E-state index contributed by atoms with van der Waals surface area (Å²) in [5.41, 5.74) is 0. The Hall–Kier alpha value is -4.45. The molecule has 0 spiro atoms. The van der Waals surface area contributed by atoms with Gasteiger partial charge in [-0.15, -0.1) is 0 Å². The fraction of sp³-hybridized carbons (Fsp3) is 0.671. The molecule has 0 rings (SSSR count). The Morgan fingerprint density at radius 2 is 0.476 bits per heavy atom. The van der Waals surface area contributed by atoms with Gasteiger partial charge in [-0.05, 0) is 122 Å². The minimum absolute atomic E-state index is 0.0875. The molecule has 1 unspecified atom stereocenters. The highest BCUT2D eigenvalue weighted by molar-refractivity contribution is 5.71. The summed E-state index contributed by atoms with van der Waals surface area (Å²) in [7, 11) is 0. The van der Waals surface area contributed by atoms with E-state index in [2.05, 4.69) is 154 Å². The molecule has 0 bridgehead atoms. The zero-order chi connectivity index (χ0) is 59.2. The molecule has 466 valence electrons. The third kappa shape index (κ3) is 66.4. The van der Waals surface area contributed by atoms with E-state index in [1.54, 1.807) is 0 Å². The van der Waals surface area contributed by atoms with Crippen molar-refractivity contribution in [2.45, 2.75) is 316 Å². The molecular formula is C76H126O6. The van der Waals surface area contributed by atoms with Crippen LogP contribution in [0.4, 0.5) is 0 Å². The lowest BCUT2D eigenvalue weighted by atomic mass is 10.0. The highest BCUT2D eigenvalue weighted by Gasteiger charge is 2.19. The molecule has 0 aromatic heterocycles. The topological polar surface area (TPSA) is 78.9 Å². The summed E-state index contributed by atoms with van der Waals surface area (Å²) in [6.45, 7) is 6.51. The summed E-state index contributed by atoms with van der Waals surface area (Å²) in [4.78, 5) is 38.3. The van der Waals surface area contributed by atoms with Gasteiger partial charge in [-0.1, -0.05) is 302 Å². The van der Waals surface area contributed by atoms with Crippen LogP contribution in [-0.2, 0) is 28.6 Å². The van der Waals surface area contributed by atoms with Crippen LogP contribution in [0.5, 0.6) is 0 Å². The Balaban J connectivity index is 4.31. The third-order valence-corrected chi connectivity index (χ3v) is 14.4. The zero-order valence-corrected chi connectivity index (χ0v) is 53.5. The second kappa shape index (κ2) is 69.0. The van der Waals surface area contributed by atoms with Crippen LogP contribution in [0.1, 0.15) is 310 Å². The van der Waals surface area contributed by atoms with Gasteiger partial charge in [0.2, 0.25) is 0 Å². The molecule has 0 saturated carbocycles. The van der Waals surface area contributed by atoms with Crippen LogP contribution in [0.3, 0.4) is 0 Å². The highest BCUT2D eigenvalue weighted by atomic mass is 16.6. The van der Waals surface area contributed by atoms with Crippen molar-refractivity contribution in [3.05, 3.63) is 134 Å². The molecule has 0 aliphatic carbocycles. The molecule has 0 aromatic carbocycles. The first-order valence-electron chi connectivity index (χ1n) is 34.2. The second-order valence-electron chi connectivity index (χ2n) is 22.4. The molecule has 0 aliphatic heterocycles. The van der Waals surface area contributed by atoms with E-state index in [1.807, 2.05) is 0 Å². The third-order valence-electron chi connectivity index (χ3n) is 14.4. The summed E-state index contributed by atoms with van der Waals surface area (Å²) >= 11 is 0. The van der Waals surface area contributed by atoms with Crippen molar-refractivity contribution in [1.82, 2.24) is 0 Å². The van der Waals surface area contributed by atoms with Crippen LogP contribution < -0.4 is 0 Å². The molecule has 0 amide bonds. The average molecular weight is 1140 g/mol. The van der Waals surface area contributed by atoms with Crippen molar-refractivity contribution in [3.8, 4) is 0 Å². The molecule has 82 heavy (non-hydrogen) atoms. The fourth-order valence-electron chi connectivity index (χ4n) is 9.29. The first-order valence-corrected chi connectivity index (χ1v) is 34.2. The van der Waals surface area contributed by atoms with Gasteiger partial charge in [0.05, 0.1) is 0 Å². The quantitative estimate of drug-likeness (QED) is 0.0261. The summed E-state index contributed by atoms with van der Waals surface area (Å²) in [6, 6.07) is 0. The highest BCUT2D eigenvalue weighted by Crippen LogP contribution is 2.16. The van der Waals surface area contributed by atoms with Crippen LogP contribution in [0.2, 0.25) is 0 Å². The predicted molar refractivity (Wildman–Crippen MR) is 357 cm³/mol. The van der Waals surface area contributed by atoms with Gasteiger partial charge in [-0.2, -0.15) is 0 Å². The number of carbonyl (C=O) groups is 3. The summed E-state index contributed by atoms with van der Waals surface area (Å²) < 4.78 is 16.9. The van der Waals surface area contributed by atoms with Crippen LogP contribution in [0.25, 0.3) is 0 Å². The maximum absolute atomic E-state index is 12.9. The Bertz CT molecular complexity index is 1730. The average Bonchev–Trinajstić information content (AvgIpc) is 3.47. The van der Waals surface area contributed by atoms with Crippen molar-refractivity contribution in [2.24, 2.45) is 0 Å². The Morgan fingerprint density at radius 1 is 0.256 bits per heavy atom. The van der Waals surface area contributed by atoms with Crippen molar-refractivity contribution in [2.75, 3.05) is 13.2 Å². The minimum Gasteiger partial charge on any atom is -0.462 e. The first-order chi connectivity index (χ1) is 40.5. The Morgan fingerprint density at radius 3 is 0.756 bits per heavy atom. The van der Waals surface area contributed by atoms with E-state index in [-0.39, 0.29) is 31.1 Å². The molecule has 0 heterocycles. The largest absolute Gasteiger partial charge is 0.462 e. The van der Waals surface area contributed by atoms with Crippen LogP contribution in [0, 0.1) is 0 Å². The Labute approximate surface area is 506 Å². The molecule has 0 aromatic rings. The molecule has 1 atom stereocenters. The molecule has 6 heteroatoms. The predicted octanol–water partition coefficient (Wildman–Crippen LogP) is 23.7. The van der Waals surface area contributed by atoms with E-state index in [0.717, 1.165) is 135 Å². The smallest absolute Gasteiger partial charge is 0.306 e. The number of esters is 3. The van der Waals surface area contributed by atoms with Crippen LogP contribution in [-0.4, -0.2) is 37.2 Å². The van der Waals surface area contributed by atoms with E-state index in [4.69, 9.17) is 14.2 Å². The monoisotopic (exact) mass is 1130 g/mol. The number of hydrogen-bond acceptors (Lipinski definition) is 6. The van der Waals surface area contributed by atoms with Gasteiger partial charge >= 0.3 is 17.9 Å². The normalized spacial score (nSPS) is 13.0. The molecule has 0 N–H and O–H groups in total. The molecule has 0 aliphatic rings. The lowest BCUT2D eigenvalue weighted by Gasteiger charge is -2.18. The summed E-state index contributed by atoms with van der Waals surface area (Å²) in [6.07, 6.45) is 97.5. The van der Waals surface area contributed by atoms with Gasteiger partial charge in [0.25, 0.3) is 0 Å². The van der Waals surface area contributed by atoms with Crippen molar-refractivity contribution < 1.29 is 28.6 Å². The lowest BCUT2D eigenvalue weighted by Crippen LogP contribution is -2.30. The molecular weight excluding hydrogens is 1010 g/mol. The zero-order valence-electron chi connectivity index (χ0n) is 53.5. The summed E-state index contributed by atoms with van der Waals surface area (Å²) in [5.74, 6) is -0.912. The van der Waals surface area contributed by atoms with Crippen LogP contribution >= 0.6 is 0 Å². The molecule has 0 radical (unpaired) electrons. The SMILES string of the molecule is CC/C=C\C/C=C\C/C=C\C/C=C\C/C=C\C/C=C\C/C=C\C/C=C\C/C=C\C/C=C\CCCCCCC(=O)OCC(COC(=O)CCCCCCCCCCCCCC)OC(=O)CCCCCCCCC/C=C\CCCCCCCC. The number of allylic oxidation sites excluding steroid dienone is 22. The van der Waals surface area contributed by atoms with Crippen LogP contribution in [0.15, 0.2) is 134 Å². The van der Waals surface area contributed by atoms with Crippen molar-refractivity contribution in [3.63, 3.8) is 0 Å². The van der Waals surface area contributed by atoms with Gasteiger partial charge in [0.15, 0.2) is 6.10 Å². The molecule has 0 fully saturated rings. The number of carbonyl (C=O) groups excluding carboxylic acids is 3. The van der Waals surface area contributed by atoms with Gasteiger partial charge < -0.3 is 14.2 Å². The van der Waals surface area contributed by atoms with Gasteiger partial charge in [-0.3, -0.25) is 14.4 Å². The minimum atomic E-state index is -0.793. The van der Waals surface area contributed by atoms with E-state index in [9.17, 15) is 14.4 Å². The van der Waals surface area contributed by atoms with Crippen molar-refractivity contribution >= 4 is 17.9 Å². The number of ether oxygens (including phenoxy) is 3. The van der Waals surface area contributed by atoms with Gasteiger partial charge in [-0.25, -0.2) is 0 Å². The second-order valence-corrected chi connectivity index (χ2v) is 22.4. The standard InChI is InChI=1S/C76H126O6/c1-4-7-10-13-16-19-22-25-27-29-30-31-32-33-34-35-36-37-38-39-40-41-42-43-44-45-46-48-49-51-54-57-60-63-66-69-75(78)81-72-73(71-80-74(77)68-65-62-59-56-53-24-21-18-15-12-9-6-3)82-76(79)70-67-64-61-58-55-52-50-47-28-26-23-20-17-14-11-8-5-2/h7,10,16,19,25-28,30-31,33-34,36-37,39-40,42-43,45-46,49,51,73H,4-6,8-9,11-15,17-18,20-24,29,32,35,38,41,44,47-48,50,52-72H2,1-3H3/b10-7-,19-16-,27-25-,28-26-,31-30-,34-33-,37-36-,40-39-,43-42-,46-45-,51-49-. The summed E-state index contributed by atoms with van der Waals surface area (Å²) in [5, 5.41) is 0. The van der Waals surface area contributed by atoms with Gasteiger partial charge in [0, 0.05) is 19.3 Å². The van der Waals surface area contributed by atoms with Gasteiger partial charge in [0.1, 0.15) is 13.2 Å². The number of rotatable bonds is 61. The maximum atomic E-state index is 12.9. The molecule has 6 nitrogen and oxygen atoms in total. The van der Waals surface area contributed by atoms with E-state index < -0.39 is 6.10 Å². The number of hydrogen-bond donors (Lipinski definition) is 0. The van der Waals surface area contributed by atoms with E-state index in [0.29, 0.717) is 19.3 Å². The lowest BCUT2D eigenvalue weighted by molar-refractivity contribution is -0.167. The first kappa shape index (κ1) is 77.5. The number of unbranched alkanes of at least 4 members (excludes halogenated alkanes) is 28. The Kier molecular flexibility index (Phi) is 65.3. The van der Waals surface area contributed by atoms with E-state index in [1.165, 1.54) is 135 Å².